The van der Waals surface area contributed by atoms with Crippen molar-refractivity contribution in [3.63, 3.8) is 0 Å². The molecule has 1 heterocycles. The van der Waals surface area contributed by atoms with Crippen LogP contribution in [0.15, 0.2) is 53.4 Å². The van der Waals surface area contributed by atoms with Gasteiger partial charge in [0.25, 0.3) is 11.1 Å². The molecule has 5 nitrogen and oxygen atoms in total. The molecule has 0 atom stereocenters. The van der Waals surface area contributed by atoms with Crippen LogP contribution in [0.2, 0.25) is 0 Å². The van der Waals surface area contributed by atoms with E-state index in [4.69, 9.17) is 9.47 Å². The number of imide groups is 1. The highest BCUT2D eigenvalue weighted by atomic mass is 32.2. The summed E-state index contributed by atoms with van der Waals surface area (Å²) in [6, 6.07) is 14.7. The van der Waals surface area contributed by atoms with E-state index in [0.29, 0.717) is 22.0 Å². The van der Waals surface area contributed by atoms with E-state index < -0.39 is 0 Å². The number of amides is 2. The summed E-state index contributed by atoms with van der Waals surface area (Å²) >= 11 is 0.931. The van der Waals surface area contributed by atoms with Crippen molar-refractivity contribution in [2.24, 2.45) is 0 Å². The maximum Gasteiger partial charge on any atom is 0.293 e. The highest BCUT2D eigenvalue weighted by molar-refractivity contribution is 8.18. The van der Waals surface area contributed by atoms with Crippen molar-refractivity contribution in [3.8, 4) is 11.5 Å². The minimum absolute atomic E-state index is 0.262. The Labute approximate surface area is 150 Å². The fraction of sp³-hybridized carbons (Fsp3) is 0.158. The van der Waals surface area contributed by atoms with Crippen LogP contribution in [0.5, 0.6) is 11.5 Å². The van der Waals surface area contributed by atoms with Gasteiger partial charge >= 0.3 is 0 Å². The predicted octanol–water partition coefficient (Wildman–Crippen LogP) is 3.94. The van der Waals surface area contributed by atoms with Gasteiger partial charge in [-0.25, -0.2) is 0 Å². The van der Waals surface area contributed by atoms with Crippen LogP contribution in [0.1, 0.15) is 11.1 Å². The fourth-order valence-electron chi connectivity index (χ4n) is 2.50. The summed E-state index contributed by atoms with van der Waals surface area (Å²) in [5, 5.41) is -0.276. The Balaban J connectivity index is 1.88. The maximum absolute atomic E-state index is 12.6. The third kappa shape index (κ3) is 3.69. The summed E-state index contributed by atoms with van der Waals surface area (Å²) in [6.45, 7) is 0.262. The lowest BCUT2D eigenvalue weighted by Crippen LogP contribution is -2.27. The number of ether oxygens (including phenoxy) is 2. The summed E-state index contributed by atoms with van der Waals surface area (Å²) in [4.78, 5) is 26.5. The molecule has 0 radical (unpaired) electrons. The molecule has 0 bridgehead atoms. The Hall–Kier alpha value is -2.73. The van der Waals surface area contributed by atoms with E-state index in [1.54, 1.807) is 38.5 Å². The number of carbonyl (C=O) groups is 2. The molecule has 3 rings (SSSR count). The first kappa shape index (κ1) is 17.1. The van der Waals surface area contributed by atoms with Gasteiger partial charge in [0.2, 0.25) is 0 Å². The largest absolute Gasteiger partial charge is 0.497 e. The van der Waals surface area contributed by atoms with E-state index >= 15 is 0 Å². The lowest BCUT2D eigenvalue weighted by atomic mass is 10.1. The van der Waals surface area contributed by atoms with E-state index in [2.05, 4.69) is 0 Å². The van der Waals surface area contributed by atoms with Gasteiger partial charge in [0, 0.05) is 5.56 Å². The number of methoxy groups -OCH3 is 2. The predicted molar refractivity (Wildman–Crippen MR) is 97.5 cm³/mol. The third-order valence-electron chi connectivity index (χ3n) is 3.78. The molecule has 0 aromatic heterocycles. The number of hydrogen-bond acceptors (Lipinski definition) is 5. The van der Waals surface area contributed by atoms with Gasteiger partial charge in [0.15, 0.2) is 0 Å². The van der Waals surface area contributed by atoms with Crippen molar-refractivity contribution >= 4 is 29.0 Å². The van der Waals surface area contributed by atoms with Crippen LogP contribution < -0.4 is 9.47 Å². The van der Waals surface area contributed by atoms with E-state index in [1.165, 1.54) is 4.90 Å². The van der Waals surface area contributed by atoms with Gasteiger partial charge < -0.3 is 9.47 Å². The van der Waals surface area contributed by atoms with Gasteiger partial charge in [-0.2, -0.15) is 0 Å². The van der Waals surface area contributed by atoms with E-state index in [9.17, 15) is 9.59 Å². The first-order valence-corrected chi connectivity index (χ1v) is 8.45. The second-order valence-corrected chi connectivity index (χ2v) is 6.35. The Morgan fingerprint density at radius 1 is 1.04 bits per heavy atom. The number of thioether (sulfide) groups is 1. The monoisotopic (exact) mass is 355 g/mol. The SMILES string of the molecule is COc1ccc(OC)c(/C=C2/SC(=O)N(Cc3ccccc3)C2=O)c1. The van der Waals surface area contributed by atoms with Crippen molar-refractivity contribution in [2.45, 2.75) is 6.54 Å². The van der Waals surface area contributed by atoms with Gasteiger partial charge in [0.05, 0.1) is 25.7 Å². The Bertz CT molecular complexity index is 833. The van der Waals surface area contributed by atoms with Crippen LogP contribution in [0.4, 0.5) is 4.79 Å². The molecule has 1 aliphatic rings. The second-order valence-electron chi connectivity index (χ2n) is 5.36. The molecule has 1 aliphatic heterocycles. The van der Waals surface area contributed by atoms with Gasteiger partial charge in [-0.05, 0) is 41.6 Å². The van der Waals surface area contributed by atoms with Crippen LogP contribution in [0.3, 0.4) is 0 Å². The average molecular weight is 355 g/mol. The molecule has 2 aromatic carbocycles. The third-order valence-corrected chi connectivity index (χ3v) is 4.69. The van der Waals surface area contributed by atoms with Crippen LogP contribution >= 0.6 is 11.8 Å². The molecule has 0 aliphatic carbocycles. The van der Waals surface area contributed by atoms with Crippen LogP contribution in [-0.2, 0) is 11.3 Å². The number of carbonyl (C=O) groups excluding carboxylic acids is 2. The minimum Gasteiger partial charge on any atom is -0.497 e. The fourth-order valence-corrected chi connectivity index (χ4v) is 3.32. The van der Waals surface area contributed by atoms with Crippen molar-refractivity contribution in [2.75, 3.05) is 14.2 Å². The number of hydrogen-bond donors (Lipinski definition) is 0. The van der Waals surface area contributed by atoms with Gasteiger partial charge in [-0.1, -0.05) is 30.3 Å². The van der Waals surface area contributed by atoms with Crippen molar-refractivity contribution in [1.29, 1.82) is 0 Å². The second kappa shape index (κ2) is 7.44. The maximum atomic E-state index is 12.6. The number of nitrogens with zero attached hydrogens (tertiary/aromatic N) is 1. The van der Waals surface area contributed by atoms with Crippen LogP contribution in [0.25, 0.3) is 6.08 Å². The molecule has 2 amide bonds. The molecule has 0 saturated carbocycles. The summed E-state index contributed by atoms with van der Waals surface area (Å²) in [5.41, 5.74) is 1.59. The topological polar surface area (TPSA) is 55.8 Å². The Morgan fingerprint density at radius 2 is 1.80 bits per heavy atom. The van der Waals surface area contributed by atoms with Crippen LogP contribution in [-0.4, -0.2) is 30.3 Å². The highest BCUT2D eigenvalue weighted by Gasteiger charge is 2.35. The Morgan fingerprint density at radius 3 is 2.48 bits per heavy atom. The molecule has 1 saturated heterocycles. The lowest BCUT2D eigenvalue weighted by molar-refractivity contribution is -0.123. The molecule has 25 heavy (non-hydrogen) atoms. The van der Waals surface area contributed by atoms with Gasteiger partial charge in [-0.3, -0.25) is 14.5 Å². The molecule has 0 unspecified atom stereocenters. The molecular formula is C19H17NO4S. The van der Waals surface area contributed by atoms with Crippen molar-refractivity contribution < 1.29 is 19.1 Å². The van der Waals surface area contributed by atoms with E-state index in [0.717, 1.165) is 17.3 Å². The first-order valence-electron chi connectivity index (χ1n) is 7.63. The highest BCUT2D eigenvalue weighted by Crippen LogP contribution is 2.35. The van der Waals surface area contributed by atoms with Gasteiger partial charge in [-0.15, -0.1) is 0 Å². The molecule has 0 spiro atoms. The molecule has 1 fully saturated rings. The zero-order chi connectivity index (χ0) is 17.8. The summed E-state index contributed by atoms with van der Waals surface area (Å²) in [7, 11) is 3.12. The quantitative estimate of drug-likeness (QED) is 0.761. The zero-order valence-electron chi connectivity index (χ0n) is 13.9. The number of rotatable bonds is 5. The normalized spacial score (nSPS) is 15.8. The lowest BCUT2D eigenvalue weighted by Gasteiger charge is -2.12. The molecule has 0 N–H and O–H groups in total. The number of benzene rings is 2. The molecule has 6 heteroatoms. The van der Waals surface area contributed by atoms with Gasteiger partial charge in [0.1, 0.15) is 11.5 Å². The first-order chi connectivity index (χ1) is 12.1. The van der Waals surface area contributed by atoms with Crippen molar-refractivity contribution in [1.82, 2.24) is 4.90 Å². The molecule has 2 aromatic rings. The van der Waals surface area contributed by atoms with Crippen LogP contribution in [0, 0.1) is 0 Å². The average Bonchev–Trinajstić information content (AvgIpc) is 2.90. The zero-order valence-corrected chi connectivity index (χ0v) is 14.7. The summed E-state index contributed by atoms with van der Waals surface area (Å²) in [6.07, 6.45) is 1.66. The van der Waals surface area contributed by atoms with E-state index in [-0.39, 0.29) is 17.7 Å². The summed E-state index contributed by atoms with van der Waals surface area (Å²) in [5.74, 6) is 0.954. The standard InChI is InChI=1S/C19H17NO4S/c1-23-15-8-9-16(24-2)14(10-15)11-17-18(21)20(19(22)25-17)12-13-6-4-3-5-7-13/h3-11H,12H2,1-2H3/b17-11+. The Kier molecular flexibility index (Phi) is 5.09. The van der Waals surface area contributed by atoms with E-state index in [1.807, 2.05) is 30.3 Å². The summed E-state index contributed by atoms with van der Waals surface area (Å²) < 4.78 is 10.5. The molecular weight excluding hydrogens is 338 g/mol. The smallest absolute Gasteiger partial charge is 0.293 e. The van der Waals surface area contributed by atoms with Crippen molar-refractivity contribution in [3.05, 3.63) is 64.6 Å². The minimum atomic E-state index is -0.302. The molecule has 128 valence electrons.